The van der Waals surface area contributed by atoms with Gasteiger partial charge in [-0.2, -0.15) is 0 Å². The fourth-order valence-electron chi connectivity index (χ4n) is 0.974. The number of ether oxygens (including phenoxy) is 1. The Morgan fingerprint density at radius 1 is 1.57 bits per heavy atom. The molecular formula is C9H13NO4. The zero-order valence-electron chi connectivity index (χ0n) is 8.35. The minimum atomic E-state index is -1.21. The summed E-state index contributed by atoms with van der Waals surface area (Å²) in [7, 11) is 0. The van der Waals surface area contributed by atoms with E-state index in [-0.39, 0.29) is 0 Å². The summed E-state index contributed by atoms with van der Waals surface area (Å²) in [6.07, 6.45) is 0.318. The van der Waals surface area contributed by atoms with Gasteiger partial charge in [-0.05, 0) is 26.8 Å². The molecule has 0 aromatic carbocycles. The average molecular weight is 199 g/mol. The van der Waals surface area contributed by atoms with Crippen molar-refractivity contribution in [1.82, 2.24) is 4.90 Å². The van der Waals surface area contributed by atoms with Gasteiger partial charge in [0.05, 0.1) is 0 Å². The molecule has 78 valence electrons. The van der Waals surface area contributed by atoms with E-state index in [1.807, 2.05) is 0 Å². The van der Waals surface area contributed by atoms with E-state index in [2.05, 4.69) is 0 Å². The van der Waals surface area contributed by atoms with Crippen molar-refractivity contribution >= 4 is 12.0 Å². The van der Waals surface area contributed by atoms with Gasteiger partial charge >= 0.3 is 6.09 Å². The van der Waals surface area contributed by atoms with Gasteiger partial charge in [-0.25, -0.2) is 9.69 Å². The third kappa shape index (κ3) is 2.32. The topological polar surface area (TPSA) is 66.8 Å². The Labute approximate surface area is 82.0 Å². The number of aliphatic hydroxyl groups is 1. The van der Waals surface area contributed by atoms with E-state index in [0.29, 0.717) is 4.90 Å². The Hall–Kier alpha value is -1.36. The molecule has 0 saturated heterocycles. The zero-order valence-corrected chi connectivity index (χ0v) is 8.35. The first kappa shape index (κ1) is 10.7. The van der Waals surface area contributed by atoms with Crippen molar-refractivity contribution in [2.45, 2.75) is 32.6 Å². The highest BCUT2D eigenvalue weighted by atomic mass is 16.6. The highest BCUT2D eigenvalue weighted by Gasteiger charge is 2.33. The standard InChI is InChI=1S/C9H13NO4/c1-9(2,3)14-8(13)10-6(11)4-5-7(10)12/h4-6,11H,1-3H3. The predicted octanol–water partition coefficient (Wildman–Crippen LogP) is 0.638. The molecule has 14 heavy (non-hydrogen) atoms. The summed E-state index contributed by atoms with van der Waals surface area (Å²) in [5.74, 6) is -0.563. The molecule has 0 aromatic heterocycles. The van der Waals surface area contributed by atoms with Gasteiger partial charge in [0, 0.05) is 6.08 Å². The fraction of sp³-hybridized carbons (Fsp3) is 0.556. The molecule has 0 aliphatic carbocycles. The lowest BCUT2D eigenvalue weighted by atomic mass is 10.2. The highest BCUT2D eigenvalue weighted by Crippen LogP contribution is 2.15. The lowest BCUT2D eigenvalue weighted by Crippen LogP contribution is -2.42. The Morgan fingerprint density at radius 2 is 2.14 bits per heavy atom. The minimum Gasteiger partial charge on any atom is -0.443 e. The number of carbonyl (C=O) groups is 2. The SMILES string of the molecule is CC(C)(C)OC(=O)N1C(=O)C=CC1O. The average Bonchev–Trinajstić information content (AvgIpc) is 2.27. The third-order valence-corrected chi connectivity index (χ3v) is 1.50. The van der Waals surface area contributed by atoms with Crippen LogP contribution in [0.2, 0.25) is 0 Å². The fourth-order valence-corrected chi connectivity index (χ4v) is 0.974. The predicted molar refractivity (Wildman–Crippen MR) is 48.2 cm³/mol. The van der Waals surface area contributed by atoms with Crippen LogP contribution in [-0.2, 0) is 9.53 Å². The number of imide groups is 1. The van der Waals surface area contributed by atoms with Crippen molar-refractivity contribution in [3.8, 4) is 0 Å². The van der Waals surface area contributed by atoms with Crippen LogP contribution in [0.4, 0.5) is 4.79 Å². The monoisotopic (exact) mass is 199 g/mol. The minimum absolute atomic E-state index is 0.563. The molecule has 0 saturated carbocycles. The lowest BCUT2D eigenvalue weighted by molar-refractivity contribution is -0.129. The van der Waals surface area contributed by atoms with Crippen LogP contribution in [-0.4, -0.2) is 33.8 Å². The van der Waals surface area contributed by atoms with E-state index < -0.39 is 23.8 Å². The number of nitrogens with zero attached hydrogens (tertiary/aromatic N) is 1. The van der Waals surface area contributed by atoms with Gasteiger partial charge < -0.3 is 9.84 Å². The summed E-state index contributed by atoms with van der Waals surface area (Å²) in [6.45, 7) is 5.06. The maximum Gasteiger partial charge on any atom is 0.419 e. The number of hydrogen-bond acceptors (Lipinski definition) is 4. The molecule has 1 atom stereocenters. The van der Waals surface area contributed by atoms with Crippen molar-refractivity contribution in [2.24, 2.45) is 0 Å². The summed E-state index contributed by atoms with van der Waals surface area (Å²) in [5.41, 5.74) is -0.681. The van der Waals surface area contributed by atoms with Crippen molar-refractivity contribution < 1.29 is 19.4 Å². The molecule has 0 spiro atoms. The zero-order chi connectivity index (χ0) is 10.9. The summed E-state index contributed by atoms with van der Waals surface area (Å²) < 4.78 is 4.93. The summed E-state index contributed by atoms with van der Waals surface area (Å²) in [6, 6.07) is 0. The first-order chi connectivity index (χ1) is 6.31. The van der Waals surface area contributed by atoms with E-state index in [0.717, 1.165) is 6.08 Å². The van der Waals surface area contributed by atoms with Gasteiger partial charge in [0.15, 0.2) is 6.23 Å². The van der Waals surface area contributed by atoms with E-state index in [9.17, 15) is 14.7 Å². The molecule has 0 bridgehead atoms. The van der Waals surface area contributed by atoms with Gasteiger partial charge in [-0.15, -0.1) is 0 Å². The molecule has 5 heteroatoms. The van der Waals surface area contributed by atoms with Crippen molar-refractivity contribution in [3.05, 3.63) is 12.2 Å². The van der Waals surface area contributed by atoms with Crippen molar-refractivity contribution in [2.75, 3.05) is 0 Å². The maximum absolute atomic E-state index is 11.4. The second kappa shape index (κ2) is 3.42. The number of amides is 2. The molecule has 1 heterocycles. The molecule has 1 aliphatic rings. The van der Waals surface area contributed by atoms with Crippen molar-refractivity contribution in [3.63, 3.8) is 0 Å². The van der Waals surface area contributed by atoms with E-state index in [1.54, 1.807) is 20.8 Å². The van der Waals surface area contributed by atoms with Gasteiger partial charge in [-0.1, -0.05) is 0 Å². The van der Waals surface area contributed by atoms with Gasteiger partial charge in [0.2, 0.25) is 0 Å². The Bertz CT molecular complexity index is 290. The van der Waals surface area contributed by atoms with E-state index >= 15 is 0 Å². The normalized spacial score (nSPS) is 21.6. The molecule has 0 aromatic rings. The van der Waals surface area contributed by atoms with Gasteiger partial charge in [-0.3, -0.25) is 4.79 Å². The lowest BCUT2D eigenvalue weighted by Gasteiger charge is -2.24. The molecule has 2 amide bonds. The van der Waals surface area contributed by atoms with Gasteiger partial charge in [0.25, 0.3) is 5.91 Å². The molecule has 0 fully saturated rings. The second-order valence-electron chi connectivity index (χ2n) is 3.96. The third-order valence-electron chi connectivity index (χ3n) is 1.50. The summed E-state index contributed by atoms with van der Waals surface area (Å²) in [4.78, 5) is 23.1. The molecule has 1 aliphatic heterocycles. The molecule has 1 unspecified atom stereocenters. The molecule has 0 radical (unpaired) electrons. The maximum atomic E-state index is 11.4. The number of aliphatic hydroxyl groups excluding tert-OH is 1. The van der Waals surface area contributed by atoms with Crippen LogP contribution < -0.4 is 0 Å². The number of hydrogen-bond donors (Lipinski definition) is 1. The first-order valence-electron chi connectivity index (χ1n) is 4.24. The quantitative estimate of drug-likeness (QED) is 0.621. The van der Waals surface area contributed by atoms with Crippen molar-refractivity contribution in [1.29, 1.82) is 0 Å². The second-order valence-corrected chi connectivity index (χ2v) is 3.96. The van der Waals surface area contributed by atoms with Crippen LogP contribution in [0.5, 0.6) is 0 Å². The van der Waals surface area contributed by atoms with Crippen LogP contribution >= 0.6 is 0 Å². The van der Waals surface area contributed by atoms with E-state index in [1.165, 1.54) is 6.08 Å². The smallest absolute Gasteiger partial charge is 0.419 e. The molecule has 1 N–H and O–H groups in total. The van der Waals surface area contributed by atoms with Crippen LogP contribution in [0.3, 0.4) is 0 Å². The number of carbonyl (C=O) groups excluding carboxylic acids is 2. The van der Waals surface area contributed by atoms with E-state index in [4.69, 9.17) is 4.74 Å². The number of rotatable bonds is 0. The van der Waals surface area contributed by atoms with Crippen LogP contribution in [0.15, 0.2) is 12.2 Å². The van der Waals surface area contributed by atoms with Crippen LogP contribution in [0.25, 0.3) is 0 Å². The van der Waals surface area contributed by atoms with Crippen LogP contribution in [0, 0.1) is 0 Å². The Morgan fingerprint density at radius 3 is 2.50 bits per heavy atom. The molecule has 5 nitrogen and oxygen atoms in total. The van der Waals surface area contributed by atoms with Crippen LogP contribution in [0.1, 0.15) is 20.8 Å². The summed E-state index contributed by atoms with van der Waals surface area (Å²) in [5, 5.41) is 9.24. The molecular weight excluding hydrogens is 186 g/mol. The highest BCUT2D eigenvalue weighted by molar-refractivity contribution is 6.01. The first-order valence-corrected chi connectivity index (χ1v) is 4.24. The Kier molecular flexibility index (Phi) is 2.62. The van der Waals surface area contributed by atoms with Gasteiger partial charge in [0.1, 0.15) is 5.60 Å². The molecule has 1 rings (SSSR count). The Balaban J connectivity index is 2.67. The largest absolute Gasteiger partial charge is 0.443 e. The summed E-state index contributed by atoms with van der Waals surface area (Å²) >= 11 is 0.